The van der Waals surface area contributed by atoms with Gasteiger partial charge in [-0.3, -0.25) is 0 Å². The molecule has 0 saturated carbocycles. The normalized spacial score (nSPS) is 12.2. The van der Waals surface area contributed by atoms with Gasteiger partial charge in [-0.05, 0) is 30.7 Å². The Morgan fingerprint density at radius 3 is 2.74 bits per heavy atom. The Hall–Kier alpha value is -1.20. The van der Waals surface area contributed by atoms with Crippen molar-refractivity contribution in [1.29, 1.82) is 0 Å². The highest BCUT2D eigenvalue weighted by atomic mass is 32.2. The molecule has 0 radical (unpaired) electrons. The van der Waals surface area contributed by atoms with Crippen LogP contribution in [0.2, 0.25) is 0 Å². The molecule has 106 valence electrons. The van der Waals surface area contributed by atoms with E-state index in [0.29, 0.717) is 30.6 Å². The summed E-state index contributed by atoms with van der Waals surface area (Å²) < 4.78 is 0. The first-order valence-electron chi connectivity index (χ1n) is 6.51. The predicted octanol–water partition coefficient (Wildman–Crippen LogP) is 3.07. The maximum atomic E-state index is 11.4. The van der Waals surface area contributed by atoms with Crippen LogP contribution >= 0.6 is 11.8 Å². The minimum absolute atomic E-state index is 0.320. The van der Waals surface area contributed by atoms with E-state index in [1.165, 1.54) is 11.8 Å². The van der Waals surface area contributed by atoms with Crippen molar-refractivity contribution in [2.75, 3.05) is 17.6 Å². The number of carbonyl (C=O) groups is 1. The molecule has 0 bridgehead atoms. The zero-order chi connectivity index (χ0) is 14.3. The summed E-state index contributed by atoms with van der Waals surface area (Å²) in [7, 11) is 0. The first kappa shape index (κ1) is 15.9. The molecule has 0 aromatic heterocycles. The van der Waals surface area contributed by atoms with Crippen LogP contribution in [0.5, 0.6) is 0 Å². The van der Waals surface area contributed by atoms with E-state index in [2.05, 4.69) is 5.32 Å². The minimum Gasteiger partial charge on any atom is -0.478 e. The number of aliphatic hydroxyl groups is 1. The molecule has 4 nitrogen and oxygen atoms in total. The smallest absolute Gasteiger partial charge is 0.338 e. The summed E-state index contributed by atoms with van der Waals surface area (Å²) >= 11 is 1.52. The lowest BCUT2D eigenvalue weighted by Gasteiger charge is -2.14. The average molecular weight is 283 g/mol. The van der Waals surface area contributed by atoms with Crippen molar-refractivity contribution in [2.24, 2.45) is 0 Å². The van der Waals surface area contributed by atoms with Gasteiger partial charge in [0.2, 0.25) is 0 Å². The van der Waals surface area contributed by atoms with Crippen LogP contribution in [0.15, 0.2) is 23.1 Å². The Bertz CT molecular complexity index is 423. The molecule has 0 fully saturated rings. The SMILES string of the molecule is CCSc1cccc(NCCC(O)CC)c1C(=O)O. The first-order valence-corrected chi connectivity index (χ1v) is 7.49. The van der Waals surface area contributed by atoms with Gasteiger partial charge in [-0.2, -0.15) is 0 Å². The van der Waals surface area contributed by atoms with Gasteiger partial charge in [0, 0.05) is 17.1 Å². The van der Waals surface area contributed by atoms with Gasteiger partial charge in [0.25, 0.3) is 0 Å². The third-order valence-corrected chi connectivity index (χ3v) is 3.74. The maximum Gasteiger partial charge on any atom is 0.338 e. The van der Waals surface area contributed by atoms with Gasteiger partial charge in [-0.15, -0.1) is 11.8 Å². The van der Waals surface area contributed by atoms with E-state index < -0.39 is 5.97 Å². The molecule has 0 spiro atoms. The van der Waals surface area contributed by atoms with Crippen molar-refractivity contribution in [3.05, 3.63) is 23.8 Å². The fourth-order valence-electron chi connectivity index (χ4n) is 1.75. The number of rotatable bonds is 8. The molecule has 1 aromatic carbocycles. The van der Waals surface area contributed by atoms with Gasteiger partial charge in [-0.1, -0.05) is 19.9 Å². The van der Waals surface area contributed by atoms with E-state index in [1.807, 2.05) is 26.0 Å². The maximum absolute atomic E-state index is 11.4. The van der Waals surface area contributed by atoms with Gasteiger partial charge in [-0.25, -0.2) is 4.79 Å². The molecular formula is C14H21NO3S. The molecule has 19 heavy (non-hydrogen) atoms. The second-order valence-corrected chi connectivity index (χ2v) is 5.50. The summed E-state index contributed by atoms with van der Waals surface area (Å²) in [6.07, 6.45) is 0.980. The van der Waals surface area contributed by atoms with Crippen molar-refractivity contribution >= 4 is 23.4 Å². The number of carboxylic acids is 1. The summed E-state index contributed by atoms with van der Waals surface area (Å²) in [6.45, 7) is 4.48. The van der Waals surface area contributed by atoms with E-state index in [9.17, 15) is 15.0 Å². The van der Waals surface area contributed by atoms with Crippen molar-refractivity contribution in [1.82, 2.24) is 0 Å². The highest BCUT2D eigenvalue weighted by molar-refractivity contribution is 7.99. The van der Waals surface area contributed by atoms with Crippen LogP contribution in [0.4, 0.5) is 5.69 Å². The zero-order valence-electron chi connectivity index (χ0n) is 11.3. The van der Waals surface area contributed by atoms with Crippen molar-refractivity contribution in [3.8, 4) is 0 Å². The van der Waals surface area contributed by atoms with Gasteiger partial charge < -0.3 is 15.5 Å². The summed E-state index contributed by atoms with van der Waals surface area (Å²) in [5.74, 6) is -0.0896. The summed E-state index contributed by atoms with van der Waals surface area (Å²) in [5.41, 5.74) is 0.939. The van der Waals surface area contributed by atoms with Crippen LogP contribution < -0.4 is 5.32 Å². The van der Waals surface area contributed by atoms with Crippen LogP contribution in [0.3, 0.4) is 0 Å². The Labute approximate surface area is 118 Å². The van der Waals surface area contributed by atoms with E-state index in [1.54, 1.807) is 6.07 Å². The topological polar surface area (TPSA) is 69.6 Å². The highest BCUT2D eigenvalue weighted by Gasteiger charge is 2.15. The molecular weight excluding hydrogens is 262 g/mol. The lowest BCUT2D eigenvalue weighted by Crippen LogP contribution is -2.14. The molecule has 0 heterocycles. The van der Waals surface area contributed by atoms with Crippen LogP contribution in [0, 0.1) is 0 Å². The number of aliphatic hydroxyl groups excluding tert-OH is 1. The van der Waals surface area contributed by atoms with E-state index in [4.69, 9.17) is 0 Å². The van der Waals surface area contributed by atoms with Crippen molar-refractivity contribution in [2.45, 2.75) is 37.7 Å². The van der Waals surface area contributed by atoms with E-state index in [0.717, 1.165) is 10.6 Å². The number of aromatic carboxylic acids is 1. The largest absolute Gasteiger partial charge is 0.478 e. The van der Waals surface area contributed by atoms with Gasteiger partial charge in [0.1, 0.15) is 0 Å². The van der Waals surface area contributed by atoms with Gasteiger partial charge in [0.15, 0.2) is 0 Å². The molecule has 0 aliphatic rings. The fraction of sp³-hybridized carbons (Fsp3) is 0.500. The standard InChI is InChI=1S/C14H21NO3S/c1-3-10(16)8-9-15-11-6-5-7-12(19-4-2)13(11)14(17)18/h5-7,10,15-16H,3-4,8-9H2,1-2H3,(H,17,18). The van der Waals surface area contributed by atoms with E-state index >= 15 is 0 Å². The Kier molecular flexibility index (Phi) is 6.73. The third-order valence-electron chi connectivity index (χ3n) is 2.80. The number of hydrogen-bond acceptors (Lipinski definition) is 4. The third kappa shape index (κ3) is 4.76. The lowest BCUT2D eigenvalue weighted by molar-refractivity contribution is 0.0694. The van der Waals surface area contributed by atoms with E-state index in [-0.39, 0.29) is 6.10 Å². The second kappa shape index (κ2) is 8.07. The first-order chi connectivity index (χ1) is 9.10. The fourth-order valence-corrected chi connectivity index (χ4v) is 2.58. The summed E-state index contributed by atoms with van der Waals surface area (Å²) in [5, 5.41) is 21.9. The molecule has 0 saturated heterocycles. The molecule has 0 amide bonds. The molecule has 3 N–H and O–H groups in total. The van der Waals surface area contributed by atoms with Crippen molar-refractivity contribution in [3.63, 3.8) is 0 Å². The number of anilines is 1. The molecule has 1 aromatic rings. The minimum atomic E-state index is -0.921. The molecule has 5 heteroatoms. The number of carboxylic acid groups (broad SMARTS) is 1. The average Bonchev–Trinajstić information content (AvgIpc) is 2.38. The monoisotopic (exact) mass is 283 g/mol. The molecule has 1 rings (SSSR count). The highest BCUT2D eigenvalue weighted by Crippen LogP contribution is 2.28. The van der Waals surface area contributed by atoms with Gasteiger partial charge >= 0.3 is 5.97 Å². The number of hydrogen-bond donors (Lipinski definition) is 3. The van der Waals surface area contributed by atoms with Crippen LogP contribution in [0.25, 0.3) is 0 Å². The van der Waals surface area contributed by atoms with Gasteiger partial charge in [0.05, 0.1) is 11.7 Å². The number of thioether (sulfide) groups is 1. The second-order valence-electron chi connectivity index (χ2n) is 4.19. The molecule has 1 unspecified atom stereocenters. The van der Waals surface area contributed by atoms with Crippen LogP contribution in [0.1, 0.15) is 37.0 Å². The summed E-state index contributed by atoms with van der Waals surface area (Å²) in [4.78, 5) is 12.1. The Morgan fingerprint density at radius 1 is 1.42 bits per heavy atom. The lowest BCUT2D eigenvalue weighted by atomic mass is 10.1. The Morgan fingerprint density at radius 2 is 2.16 bits per heavy atom. The quantitative estimate of drug-likeness (QED) is 0.640. The number of nitrogens with one attached hydrogen (secondary N) is 1. The molecule has 1 atom stereocenters. The Balaban J connectivity index is 2.81. The molecule has 0 aliphatic heterocycles. The predicted molar refractivity (Wildman–Crippen MR) is 79.2 cm³/mol. The zero-order valence-corrected chi connectivity index (χ0v) is 12.2. The van der Waals surface area contributed by atoms with Crippen molar-refractivity contribution < 1.29 is 15.0 Å². The van der Waals surface area contributed by atoms with Crippen LogP contribution in [-0.2, 0) is 0 Å². The van der Waals surface area contributed by atoms with Crippen LogP contribution in [-0.4, -0.2) is 34.6 Å². The summed E-state index contributed by atoms with van der Waals surface area (Å²) in [6, 6.07) is 5.44. The number of benzene rings is 1. The molecule has 0 aliphatic carbocycles.